The fourth-order valence-electron chi connectivity index (χ4n) is 5.96. The molecule has 1 N–H and O–H groups in total. The van der Waals surface area contributed by atoms with Crippen molar-refractivity contribution >= 4 is 19.7 Å². The third-order valence-electron chi connectivity index (χ3n) is 7.94. The monoisotopic (exact) mass is 479 g/mol. The number of hydrogen-bond acceptors (Lipinski definition) is 1. The van der Waals surface area contributed by atoms with Gasteiger partial charge in [0.2, 0.25) is 0 Å². The summed E-state index contributed by atoms with van der Waals surface area (Å²) in [6.45, 7) is 18.7. The van der Waals surface area contributed by atoms with E-state index in [1.165, 1.54) is 50.2 Å². The van der Waals surface area contributed by atoms with Crippen LogP contribution >= 0.6 is 0 Å². The van der Waals surface area contributed by atoms with Gasteiger partial charge in [0, 0.05) is 11.7 Å². The van der Waals surface area contributed by atoms with E-state index in [2.05, 4.69) is 133 Å². The molecular formula is C33H41NSi. The van der Waals surface area contributed by atoms with Crippen LogP contribution in [0, 0.1) is 27.7 Å². The third-order valence-corrected chi connectivity index (χ3v) is 9.69. The van der Waals surface area contributed by atoms with Gasteiger partial charge in [0.1, 0.15) is 0 Å². The van der Waals surface area contributed by atoms with Crippen molar-refractivity contribution in [3.63, 3.8) is 0 Å². The Kier molecular flexibility index (Phi) is 7.24. The Morgan fingerprint density at radius 2 is 1.43 bits per heavy atom. The first-order valence-electron chi connectivity index (χ1n) is 13.1. The second-order valence-electron chi connectivity index (χ2n) is 10.7. The molecule has 1 unspecified atom stereocenters. The Morgan fingerprint density at radius 1 is 0.800 bits per heavy atom. The molecule has 0 aliphatic heterocycles. The molecule has 0 amide bonds. The summed E-state index contributed by atoms with van der Waals surface area (Å²) in [7, 11) is -1.12. The van der Waals surface area contributed by atoms with E-state index in [4.69, 9.17) is 0 Å². The number of anilines is 1. The van der Waals surface area contributed by atoms with Crippen molar-refractivity contribution in [2.45, 2.75) is 72.5 Å². The molecule has 0 saturated carbocycles. The Morgan fingerprint density at radius 3 is 2.03 bits per heavy atom. The van der Waals surface area contributed by atoms with E-state index < -0.39 is 8.80 Å². The molecule has 0 saturated heterocycles. The fraction of sp³-hybridized carbons (Fsp3) is 0.333. The fourth-order valence-corrected chi connectivity index (χ4v) is 7.39. The molecule has 0 heterocycles. The van der Waals surface area contributed by atoms with Crippen LogP contribution in [0.25, 0.3) is 0 Å². The van der Waals surface area contributed by atoms with E-state index in [1.54, 1.807) is 5.19 Å². The molecule has 0 spiro atoms. The Labute approximate surface area is 214 Å². The minimum absolute atomic E-state index is 0.341. The predicted molar refractivity (Wildman–Crippen MR) is 157 cm³/mol. The van der Waals surface area contributed by atoms with Gasteiger partial charge in [-0.1, -0.05) is 91.1 Å². The van der Waals surface area contributed by atoms with Crippen LogP contribution < -0.4 is 10.5 Å². The molecule has 1 aliphatic carbocycles. The lowest BCUT2D eigenvalue weighted by Crippen LogP contribution is -2.42. The first-order chi connectivity index (χ1) is 16.7. The average molecular weight is 480 g/mol. The number of benzene rings is 3. The van der Waals surface area contributed by atoms with Crippen LogP contribution in [0.5, 0.6) is 0 Å². The third kappa shape index (κ3) is 4.23. The Balaban J connectivity index is 2.29. The molecule has 3 aromatic rings. The summed E-state index contributed by atoms with van der Waals surface area (Å²) in [5.41, 5.74) is 12.2. The van der Waals surface area contributed by atoms with E-state index in [0.717, 1.165) is 6.42 Å². The second-order valence-corrected chi connectivity index (χ2v) is 13.7. The summed E-state index contributed by atoms with van der Waals surface area (Å²) in [6, 6.07) is 20.9. The van der Waals surface area contributed by atoms with Gasteiger partial charge in [-0.05, 0) is 92.5 Å². The van der Waals surface area contributed by atoms with Crippen molar-refractivity contribution in [2.24, 2.45) is 0 Å². The molecular weight excluding hydrogens is 438 g/mol. The van der Waals surface area contributed by atoms with Gasteiger partial charge in [0.05, 0.1) is 14.2 Å². The largest absolute Gasteiger partial charge is 0.382 e. The van der Waals surface area contributed by atoms with Crippen LogP contribution in [-0.2, 0) is 5.41 Å². The SMILES string of the molecule is Cc1c(C)c(C)c(C(C2=CC=CC2)(c2ccccc2)c2ccccc2[SiH](C)C)c(NC(C)C)c1C. The lowest BCUT2D eigenvalue weighted by Gasteiger charge is -2.43. The van der Waals surface area contributed by atoms with Gasteiger partial charge >= 0.3 is 0 Å². The standard InChI is InChI=1S/C33H41NSi/c1-22(2)34-32-26(6)24(4)23(3)25(5)31(32)33(28-18-12-13-19-28,27-16-10-9-11-17-27)29-20-14-15-21-30(29)35(7)8/h9-18,20-22,34-35H,19H2,1-8H3. The van der Waals surface area contributed by atoms with Crippen molar-refractivity contribution in [3.05, 3.63) is 117 Å². The topological polar surface area (TPSA) is 12.0 Å². The summed E-state index contributed by atoms with van der Waals surface area (Å²) in [5, 5.41) is 5.48. The average Bonchev–Trinajstić information content (AvgIpc) is 3.39. The van der Waals surface area contributed by atoms with Gasteiger partial charge < -0.3 is 5.32 Å². The van der Waals surface area contributed by atoms with Gasteiger partial charge in [0.15, 0.2) is 0 Å². The lowest BCUT2D eigenvalue weighted by molar-refractivity contribution is 0.705. The van der Waals surface area contributed by atoms with Gasteiger partial charge in [-0.3, -0.25) is 0 Å². The van der Waals surface area contributed by atoms with Crippen LogP contribution in [0.4, 0.5) is 5.69 Å². The summed E-state index contributed by atoms with van der Waals surface area (Å²) in [6.07, 6.45) is 7.92. The van der Waals surface area contributed by atoms with Gasteiger partial charge in [0.25, 0.3) is 0 Å². The number of allylic oxidation sites excluding steroid dienone is 4. The Bertz CT molecular complexity index is 1280. The molecule has 0 aromatic heterocycles. The van der Waals surface area contributed by atoms with Gasteiger partial charge in [-0.2, -0.15) is 0 Å². The molecule has 0 fully saturated rings. The summed E-state index contributed by atoms with van der Waals surface area (Å²) >= 11 is 0. The summed E-state index contributed by atoms with van der Waals surface area (Å²) in [4.78, 5) is 0. The van der Waals surface area contributed by atoms with E-state index in [9.17, 15) is 0 Å². The molecule has 35 heavy (non-hydrogen) atoms. The minimum atomic E-state index is -1.12. The van der Waals surface area contributed by atoms with Gasteiger partial charge in [-0.25, -0.2) is 0 Å². The summed E-state index contributed by atoms with van der Waals surface area (Å²) < 4.78 is 0. The molecule has 1 aliphatic rings. The molecule has 182 valence electrons. The van der Waals surface area contributed by atoms with Crippen molar-refractivity contribution in [1.82, 2.24) is 0 Å². The smallest absolute Gasteiger partial charge is 0.0689 e. The number of hydrogen-bond donors (Lipinski definition) is 1. The number of nitrogens with one attached hydrogen (secondary N) is 1. The van der Waals surface area contributed by atoms with E-state index in [1.807, 2.05) is 0 Å². The highest BCUT2D eigenvalue weighted by Crippen LogP contribution is 2.52. The molecule has 2 heteroatoms. The van der Waals surface area contributed by atoms with Crippen LogP contribution in [-0.4, -0.2) is 14.8 Å². The summed E-state index contributed by atoms with van der Waals surface area (Å²) in [5.74, 6) is 0. The van der Waals surface area contributed by atoms with Crippen molar-refractivity contribution < 1.29 is 0 Å². The van der Waals surface area contributed by atoms with Gasteiger partial charge in [-0.15, -0.1) is 0 Å². The first-order valence-corrected chi connectivity index (χ1v) is 16.0. The zero-order valence-corrected chi connectivity index (χ0v) is 23.9. The highest BCUT2D eigenvalue weighted by atomic mass is 28.3. The minimum Gasteiger partial charge on any atom is -0.382 e. The highest BCUT2D eigenvalue weighted by Gasteiger charge is 2.45. The molecule has 0 radical (unpaired) electrons. The molecule has 0 bridgehead atoms. The Hall–Kier alpha value is -2.84. The van der Waals surface area contributed by atoms with Crippen molar-refractivity contribution in [1.29, 1.82) is 0 Å². The lowest BCUT2D eigenvalue weighted by atomic mass is 9.61. The van der Waals surface area contributed by atoms with Crippen molar-refractivity contribution in [3.8, 4) is 0 Å². The van der Waals surface area contributed by atoms with Crippen LogP contribution in [0.2, 0.25) is 13.1 Å². The molecule has 1 atom stereocenters. The maximum Gasteiger partial charge on any atom is 0.0689 e. The predicted octanol–water partition coefficient (Wildman–Crippen LogP) is 7.65. The zero-order chi connectivity index (χ0) is 25.3. The second kappa shape index (κ2) is 10.0. The van der Waals surface area contributed by atoms with Crippen LogP contribution in [0.15, 0.2) is 78.4 Å². The maximum absolute atomic E-state index is 3.93. The maximum atomic E-state index is 3.93. The highest BCUT2D eigenvalue weighted by molar-refractivity contribution is 6.71. The van der Waals surface area contributed by atoms with E-state index in [-0.39, 0.29) is 5.41 Å². The van der Waals surface area contributed by atoms with Crippen LogP contribution in [0.1, 0.15) is 59.2 Å². The van der Waals surface area contributed by atoms with E-state index >= 15 is 0 Å². The normalized spacial score (nSPS) is 15.0. The molecule has 3 aromatic carbocycles. The number of rotatable bonds is 7. The van der Waals surface area contributed by atoms with Crippen LogP contribution in [0.3, 0.4) is 0 Å². The quantitative estimate of drug-likeness (QED) is 0.271. The molecule has 1 nitrogen and oxygen atoms in total. The molecule has 4 rings (SSSR count). The van der Waals surface area contributed by atoms with E-state index in [0.29, 0.717) is 6.04 Å². The zero-order valence-electron chi connectivity index (χ0n) is 22.8. The van der Waals surface area contributed by atoms with Crippen molar-refractivity contribution in [2.75, 3.05) is 5.32 Å². The first kappa shape index (κ1) is 25.3.